The first-order valence-electron chi connectivity index (χ1n) is 12.3. The SMILES string of the molecule is Cc1[nH]c(-c2cccc(CCCNC3CCCN(C4CCCC4)C3)n2)nc1C1CC1. The van der Waals surface area contributed by atoms with Crippen molar-refractivity contribution in [2.24, 2.45) is 0 Å². The Morgan fingerprint density at radius 1 is 1.07 bits per heavy atom. The van der Waals surface area contributed by atoms with E-state index in [1.165, 1.54) is 81.5 Å². The Balaban J connectivity index is 1.10. The molecule has 2 aromatic heterocycles. The van der Waals surface area contributed by atoms with E-state index in [0.29, 0.717) is 12.0 Å². The fourth-order valence-electron chi connectivity index (χ4n) is 5.45. The van der Waals surface area contributed by atoms with Crippen LogP contribution in [0.3, 0.4) is 0 Å². The fourth-order valence-corrected chi connectivity index (χ4v) is 5.45. The molecule has 3 aliphatic rings. The molecule has 1 atom stereocenters. The second-order valence-electron chi connectivity index (χ2n) is 9.71. The number of aromatic nitrogens is 3. The van der Waals surface area contributed by atoms with Gasteiger partial charge in [-0.1, -0.05) is 18.9 Å². The van der Waals surface area contributed by atoms with Gasteiger partial charge in [0.15, 0.2) is 5.82 Å². The summed E-state index contributed by atoms with van der Waals surface area (Å²) >= 11 is 0. The number of H-pyrrole nitrogens is 1. The van der Waals surface area contributed by atoms with Gasteiger partial charge in [-0.15, -0.1) is 0 Å². The number of hydrogen-bond acceptors (Lipinski definition) is 4. The van der Waals surface area contributed by atoms with Crippen molar-refractivity contribution in [1.29, 1.82) is 0 Å². The van der Waals surface area contributed by atoms with Crippen molar-refractivity contribution in [3.8, 4) is 11.5 Å². The molecule has 1 aliphatic heterocycles. The monoisotopic (exact) mass is 407 g/mol. The molecule has 0 aromatic carbocycles. The van der Waals surface area contributed by atoms with Crippen molar-refractivity contribution in [3.63, 3.8) is 0 Å². The number of imidazole rings is 1. The van der Waals surface area contributed by atoms with Crippen LogP contribution in [0.2, 0.25) is 0 Å². The zero-order chi connectivity index (χ0) is 20.3. The van der Waals surface area contributed by atoms with E-state index in [4.69, 9.17) is 9.97 Å². The van der Waals surface area contributed by atoms with Crippen LogP contribution in [0.15, 0.2) is 18.2 Å². The first kappa shape index (κ1) is 20.2. The molecule has 0 spiro atoms. The molecule has 5 heteroatoms. The summed E-state index contributed by atoms with van der Waals surface area (Å²) in [6.07, 6.45) is 13.1. The van der Waals surface area contributed by atoms with Gasteiger partial charge in [-0.3, -0.25) is 4.90 Å². The topological polar surface area (TPSA) is 56.8 Å². The van der Waals surface area contributed by atoms with Gasteiger partial charge in [0.1, 0.15) is 5.69 Å². The summed E-state index contributed by atoms with van der Waals surface area (Å²) in [6.45, 7) is 5.79. The highest BCUT2D eigenvalue weighted by Gasteiger charge is 2.29. The number of aryl methyl sites for hydroxylation is 2. The number of likely N-dealkylation sites (tertiary alicyclic amines) is 1. The maximum absolute atomic E-state index is 4.90. The third-order valence-electron chi connectivity index (χ3n) is 7.27. The van der Waals surface area contributed by atoms with Crippen LogP contribution < -0.4 is 5.32 Å². The van der Waals surface area contributed by atoms with E-state index in [-0.39, 0.29) is 0 Å². The van der Waals surface area contributed by atoms with Crippen LogP contribution in [-0.2, 0) is 6.42 Å². The van der Waals surface area contributed by atoms with Gasteiger partial charge in [0, 0.05) is 35.9 Å². The van der Waals surface area contributed by atoms with Crippen molar-refractivity contribution >= 4 is 0 Å². The fraction of sp³-hybridized carbons (Fsp3) is 0.680. The van der Waals surface area contributed by atoms with Gasteiger partial charge in [-0.05, 0) is 83.5 Å². The van der Waals surface area contributed by atoms with Crippen LogP contribution in [-0.4, -0.2) is 51.6 Å². The van der Waals surface area contributed by atoms with Crippen LogP contribution in [0.4, 0.5) is 0 Å². The quantitative estimate of drug-likeness (QED) is 0.629. The van der Waals surface area contributed by atoms with Gasteiger partial charge >= 0.3 is 0 Å². The lowest BCUT2D eigenvalue weighted by Gasteiger charge is -2.37. The van der Waals surface area contributed by atoms with Gasteiger partial charge in [0.05, 0.1) is 5.69 Å². The number of pyridine rings is 1. The van der Waals surface area contributed by atoms with Crippen molar-refractivity contribution in [2.75, 3.05) is 19.6 Å². The molecular formula is C25H37N5. The van der Waals surface area contributed by atoms with Crippen molar-refractivity contribution in [3.05, 3.63) is 35.3 Å². The van der Waals surface area contributed by atoms with E-state index in [9.17, 15) is 0 Å². The molecule has 3 heterocycles. The number of aromatic amines is 1. The molecule has 1 saturated heterocycles. The lowest BCUT2D eigenvalue weighted by molar-refractivity contribution is 0.138. The van der Waals surface area contributed by atoms with Gasteiger partial charge in [0.25, 0.3) is 0 Å². The van der Waals surface area contributed by atoms with Crippen LogP contribution in [0, 0.1) is 6.92 Å². The van der Waals surface area contributed by atoms with Gasteiger partial charge in [0.2, 0.25) is 0 Å². The second-order valence-corrected chi connectivity index (χ2v) is 9.71. The number of hydrogen-bond donors (Lipinski definition) is 2. The summed E-state index contributed by atoms with van der Waals surface area (Å²) in [5.41, 5.74) is 4.62. The number of rotatable bonds is 8. The summed E-state index contributed by atoms with van der Waals surface area (Å²) in [5.74, 6) is 1.61. The highest BCUT2D eigenvalue weighted by molar-refractivity contribution is 5.51. The molecule has 2 saturated carbocycles. The van der Waals surface area contributed by atoms with Crippen LogP contribution in [0.1, 0.15) is 80.8 Å². The highest BCUT2D eigenvalue weighted by atomic mass is 15.2. The van der Waals surface area contributed by atoms with Crippen molar-refractivity contribution in [2.45, 2.75) is 89.1 Å². The minimum absolute atomic E-state index is 0.672. The summed E-state index contributed by atoms with van der Waals surface area (Å²) in [6, 6.07) is 7.90. The van der Waals surface area contributed by atoms with Crippen molar-refractivity contribution in [1.82, 2.24) is 25.2 Å². The predicted octanol–water partition coefficient (Wildman–Crippen LogP) is 4.59. The zero-order valence-electron chi connectivity index (χ0n) is 18.5. The molecule has 0 amide bonds. The first-order valence-corrected chi connectivity index (χ1v) is 12.3. The third-order valence-corrected chi connectivity index (χ3v) is 7.27. The highest BCUT2D eigenvalue weighted by Crippen LogP contribution is 2.41. The molecule has 2 aromatic rings. The van der Waals surface area contributed by atoms with E-state index in [1.807, 2.05) is 0 Å². The summed E-state index contributed by atoms with van der Waals surface area (Å²) in [7, 11) is 0. The van der Waals surface area contributed by atoms with Crippen LogP contribution >= 0.6 is 0 Å². The molecule has 3 fully saturated rings. The molecule has 0 radical (unpaired) electrons. The Morgan fingerprint density at radius 2 is 1.93 bits per heavy atom. The Kier molecular flexibility index (Phi) is 6.19. The van der Waals surface area contributed by atoms with Crippen molar-refractivity contribution < 1.29 is 0 Å². The molecule has 162 valence electrons. The van der Waals surface area contributed by atoms with E-state index in [1.54, 1.807) is 0 Å². The number of piperidine rings is 1. The third kappa shape index (κ3) is 4.78. The standard InChI is InChI=1S/C25H37N5/c1-18-24(19-13-14-19)29-25(27-18)23-12-4-7-20(28-23)8-5-15-26-21-9-6-16-30(17-21)22-10-2-3-11-22/h4,7,12,19,21-22,26H,2-3,5-6,8-11,13-17H2,1H3,(H,27,29). The van der Waals surface area contributed by atoms with Crippen LogP contribution in [0.25, 0.3) is 11.5 Å². The van der Waals surface area contributed by atoms with E-state index < -0.39 is 0 Å². The Bertz CT molecular complexity index is 834. The largest absolute Gasteiger partial charge is 0.341 e. The van der Waals surface area contributed by atoms with E-state index in [0.717, 1.165) is 36.9 Å². The Morgan fingerprint density at radius 3 is 2.77 bits per heavy atom. The normalized spacial score (nSPS) is 23.3. The molecule has 5 rings (SSSR count). The minimum Gasteiger partial charge on any atom is -0.341 e. The molecule has 5 nitrogen and oxygen atoms in total. The van der Waals surface area contributed by atoms with Crippen LogP contribution in [0.5, 0.6) is 0 Å². The average molecular weight is 408 g/mol. The zero-order valence-corrected chi connectivity index (χ0v) is 18.5. The smallest absolute Gasteiger partial charge is 0.156 e. The molecule has 2 aliphatic carbocycles. The van der Waals surface area contributed by atoms with E-state index >= 15 is 0 Å². The molecule has 0 bridgehead atoms. The lowest BCUT2D eigenvalue weighted by Crippen LogP contribution is -2.49. The summed E-state index contributed by atoms with van der Waals surface area (Å²) in [5, 5.41) is 3.83. The Labute approximate surface area is 181 Å². The lowest BCUT2D eigenvalue weighted by atomic mass is 10.0. The maximum atomic E-state index is 4.90. The summed E-state index contributed by atoms with van der Waals surface area (Å²) < 4.78 is 0. The second kappa shape index (κ2) is 9.19. The Hall–Kier alpha value is -1.72. The molecule has 2 N–H and O–H groups in total. The molecule has 1 unspecified atom stereocenters. The first-order chi connectivity index (χ1) is 14.8. The molecular weight excluding hydrogens is 370 g/mol. The molecule has 30 heavy (non-hydrogen) atoms. The van der Waals surface area contributed by atoms with Gasteiger partial charge in [-0.25, -0.2) is 9.97 Å². The predicted molar refractivity (Wildman–Crippen MR) is 122 cm³/mol. The maximum Gasteiger partial charge on any atom is 0.156 e. The van der Waals surface area contributed by atoms with E-state index in [2.05, 4.69) is 40.3 Å². The van der Waals surface area contributed by atoms with Gasteiger partial charge < -0.3 is 10.3 Å². The minimum atomic E-state index is 0.672. The van der Waals surface area contributed by atoms with Gasteiger partial charge in [-0.2, -0.15) is 0 Å². The summed E-state index contributed by atoms with van der Waals surface area (Å²) in [4.78, 5) is 16.0. The number of nitrogens with zero attached hydrogens (tertiary/aromatic N) is 3. The average Bonchev–Trinajstić information content (AvgIpc) is 3.31. The number of nitrogens with one attached hydrogen (secondary N) is 2.